The second-order valence-corrected chi connectivity index (χ2v) is 4.92. The van der Waals surface area contributed by atoms with Crippen molar-refractivity contribution >= 4 is 5.69 Å². The van der Waals surface area contributed by atoms with E-state index >= 15 is 0 Å². The van der Waals surface area contributed by atoms with Crippen molar-refractivity contribution in [2.45, 2.75) is 25.4 Å². The highest BCUT2D eigenvalue weighted by atomic mass is 19.1. The molecular weight excluding hydrogens is 249 g/mol. The quantitative estimate of drug-likeness (QED) is 0.466. The lowest BCUT2D eigenvalue weighted by Crippen LogP contribution is -2.30. The fourth-order valence-corrected chi connectivity index (χ4v) is 2.05. The van der Waals surface area contributed by atoms with Gasteiger partial charge in [0.1, 0.15) is 5.82 Å². The zero-order chi connectivity index (χ0) is 13.8. The van der Waals surface area contributed by atoms with Gasteiger partial charge < -0.3 is 10.2 Å². The lowest BCUT2D eigenvalue weighted by Gasteiger charge is -2.15. The molecule has 1 aromatic rings. The van der Waals surface area contributed by atoms with Crippen molar-refractivity contribution in [3.63, 3.8) is 0 Å². The molecule has 1 aromatic carbocycles. The predicted molar refractivity (Wildman–Crippen MR) is 70.4 cm³/mol. The minimum atomic E-state index is -0.479. The number of benzene rings is 1. The molecule has 1 aliphatic rings. The molecule has 1 N–H and O–H groups in total. The Hall–Kier alpha value is -1.53. The third-order valence-electron chi connectivity index (χ3n) is 3.37. The first-order chi connectivity index (χ1) is 9.08. The number of nitro benzene ring substituents is 1. The highest BCUT2D eigenvalue weighted by molar-refractivity contribution is 5.40. The largest absolute Gasteiger partial charge is 0.311 e. The Kier molecular flexibility index (Phi) is 4.44. The molecule has 1 aliphatic carbocycles. The summed E-state index contributed by atoms with van der Waals surface area (Å²) >= 11 is 0. The Morgan fingerprint density at radius 1 is 1.53 bits per heavy atom. The fraction of sp³-hybridized carbons (Fsp3) is 0.538. The maximum Gasteiger partial charge on any atom is 0.274 e. The summed E-state index contributed by atoms with van der Waals surface area (Å²) in [6, 6.07) is 4.24. The number of hydrogen-bond donors (Lipinski definition) is 1. The van der Waals surface area contributed by atoms with E-state index in [4.69, 9.17) is 0 Å². The summed E-state index contributed by atoms with van der Waals surface area (Å²) in [7, 11) is 2.07. The van der Waals surface area contributed by atoms with Gasteiger partial charge in [-0.3, -0.25) is 10.1 Å². The smallest absolute Gasteiger partial charge is 0.274 e. The lowest BCUT2D eigenvalue weighted by molar-refractivity contribution is -0.385. The third kappa shape index (κ3) is 3.97. The van der Waals surface area contributed by atoms with E-state index in [0.717, 1.165) is 19.2 Å². The van der Waals surface area contributed by atoms with Crippen LogP contribution in [-0.4, -0.2) is 36.0 Å². The standard InChI is InChI=1S/C13H18FN3O2/c1-16(12-3-4-12)7-6-15-9-10-8-11(14)2-5-13(10)17(18)19/h2,5,8,12,15H,3-4,6-7,9H2,1H3. The molecule has 6 heteroatoms. The molecule has 0 radical (unpaired) electrons. The number of nitrogens with zero attached hydrogens (tertiary/aromatic N) is 2. The van der Waals surface area contributed by atoms with Crippen molar-refractivity contribution in [2.75, 3.05) is 20.1 Å². The van der Waals surface area contributed by atoms with Gasteiger partial charge in [0.05, 0.1) is 4.92 Å². The van der Waals surface area contributed by atoms with Gasteiger partial charge >= 0.3 is 0 Å². The van der Waals surface area contributed by atoms with E-state index in [1.165, 1.54) is 25.0 Å². The van der Waals surface area contributed by atoms with Crippen molar-refractivity contribution in [1.82, 2.24) is 10.2 Å². The van der Waals surface area contributed by atoms with Crippen LogP contribution >= 0.6 is 0 Å². The first kappa shape index (κ1) is 13.9. The summed E-state index contributed by atoms with van der Waals surface area (Å²) in [4.78, 5) is 12.6. The van der Waals surface area contributed by atoms with E-state index in [2.05, 4.69) is 17.3 Å². The van der Waals surface area contributed by atoms with E-state index in [-0.39, 0.29) is 5.69 Å². The number of halogens is 1. The van der Waals surface area contributed by atoms with Crippen molar-refractivity contribution in [2.24, 2.45) is 0 Å². The van der Waals surface area contributed by atoms with E-state index < -0.39 is 10.7 Å². The summed E-state index contributed by atoms with van der Waals surface area (Å²) in [6.45, 7) is 1.95. The zero-order valence-corrected chi connectivity index (χ0v) is 10.9. The Morgan fingerprint density at radius 2 is 2.26 bits per heavy atom. The molecule has 19 heavy (non-hydrogen) atoms. The second-order valence-electron chi connectivity index (χ2n) is 4.92. The zero-order valence-electron chi connectivity index (χ0n) is 10.9. The average molecular weight is 267 g/mol. The molecule has 0 amide bonds. The van der Waals surface area contributed by atoms with Gasteiger partial charge in [-0.15, -0.1) is 0 Å². The van der Waals surface area contributed by atoms with Crippen molar-refractivity contribution in [3.8, 4) is 0 Å². The molecule has 0 aromatic heterocycles. The van der Waals surface area contributed by atoms with E-state index in [1.807, 2.05) is 0 Å². The van der Waals surface area contributed by atoms with Gasteiger partial charge in [0.25, 0.3) is 5.69 Å². The molecule has 104 valence electrons. The number of hydrogen-bond acceptors (Lipinski definition) is 4. The molecule has 0 saturated heterocycles. The second kappa shape index (κ2) is 6.08. The number of nitrogens with one attached hydrogen (secondary N) is 1. The van der Waals surface area contributed by atoms with Crippen LogP contribution < -0.4 is 5.32 Å². The SMILES string of the molecule is CN(CCNCc1cc(F)ccc1[N+](=O)[O-])C1CC1. The highest BCUT2D eigenvalue weighted by Gasteiger charge is 2.25. The maximum atomic E-state index is 13.1. The monoisotopic (exact) mass is 267 g/mol. The van der Waals surface area contributed by atoms with Crippen LogP contribution in [0.2, 0.25) is 0 Å². The van der Waals surface area contributed by atoms with Crippen LogP contribution in [0.15, 0.2) is 18.2 Å². The molecule has 0 atom stereocenters. The van der Waals surface area contributed by atoms with Crippen LogP contribution in [0.3, 0.4) is 0 Å². The normalized spacial score (nSPS) is 14.9. The van der Waals surface area contributed by atoms with Gasteiger partial charge in [-0.1, -0.05) is 0 Å². The Balaban J connectivity index is 1.84. The van der Waals surface area contributed by atoms with Crippen LogP contribution in [0.1, 0.15) is 18.4 Å². The molecule has 1 saturated carbocycles. The molecule has 0 heterocycles. The topological polar surface area (TPSA) is 58.4 Å². The maximum absolute atomic E-state index is 13.1. The van der Waals surface area contributed by atoms with E-state index in [9.17, 15) is 14.5 Å². The van der Waals surface area contributed by atoms with Gasteiger partial charge in [0.15, 0.2) is 0 Å². The van der Waals surface area contributed by atoms with Gasteiger partial charge in [0, 0.05) is 37.3 Å². The number of likely N-dealkylation sites (N-methyl/N-ethyl adjacent to an activating group) is 1. The first-order valence-corrected chi connectivity index (χ1v) is 6.41. The molecule has 0 spiro atoms. The predicted octanol–water partition coefficient (Wildman–Crippen LogP) is 1.92. The van der Waals surface area contributed by atoms with Gasteiger partial charge in [-0.25, -0.2) is 4.39 Å². The van der Waals surface area contributed by atoms with E-state index in [0.29, 0.717) is 18.2 Å². The van der Waals surface area contributed by atoms with Crippen molar-refractivity contribution in [3.05, 3.63) is 39.7 Å². The number of rotatable bonds is 7. The molecule has 1 fully saturated rings. The van der Waals surface area contributed by atoms with Gasteiger partial charge in [0.2, 0.25) is 0 Å². The average Bonchev–Trinajstić information content (AvgIpc) is 3.18. The molecular formula is C13H18FN3O2. The summed E-state index contributed by atoms with van der Waals surface area (Å²) in [5.41, 5.74) is 0.350. The summed E-state index contributed by atoms with van der Waals surface area (Å²) < 4.78 is 13.1. The Morgan fingerprint density at radius 3 is 2.89 bits per heavy atom. The minimum absolute atomic E-state index is 0.0375. The summed E-state index contributed by atoms with van der Waals surface area (Å²) in [5, 5.41) is 13.9. The Labute approximate surface area is 111 Å². The van der Waals surface area contributed by atoms with Crippen molar-refractivity contribution in [1.29, 1.82) is 0 Å². The minimum Gasteiger partial charge on any atom is -0.311 e. The Bertz CT molecular complexity index is 463. The third-order valence-corrected chi connectivity index (χ3v) is 3.37. The van der Waals surface area contributed by atoms with Crippen LogP contribution in [0.5, 0.6) is 0 Å². The molecule has 5 nitrogen and oxygen atoms in total. The lowest BCUT2D eigenvalue weighted by atomic mass is 10.1. The number of nitro groups is 1. The molecule has 0 unspecified atom stereocenters. The van der Waals surface area contributed by atoms with Crippen LogP contribution in [0.25, 0.3) is 0 Å². The highest BCUT2D eigenvalue weighted by Crippen LogP contribution is 2.24. The first-order valence-electron chi connectivity index (χ1n) is 6.41. The van der Waals surface area contributed by atoms with Crippen LogP contribution in [0.4, 0.5) is 10.1 Å². The molecule has 2 rings (SSSR count). The van der Waals surface area contributed by atoms with Gasteiger partial charge in [-0.05, 0) is 32.0 Å². The summed E-state index contributed by atoms with van der Waals surface area (Å²) in [5.74, 6) is -0.447. The molecule has 0 bridgehead atoms. The fourth-order valence-electron chi connectivity index (χ4n) is 2.05. The van der Waals surface area contributed by atoms with Gasteiger partial charge in [-0.2, -0.15) is 0 Å². The van der Waals surface area contributed by atoms with Crippen molar-refractivity contribution < 1.29 is 9.31 Å². The summed E-state index contributed by atoms with van der Waals surface area (Å²) in [6.07, 6.45) is 2.51. The molecule has 0 aliphatic heterocycles. The van der Waals surface area contributed by atoms with Crippen LogP contribution in [-0.2, 0) is 6.54 Å². The van der Waals surface area contributed by atoms with Crippen LogP contribution in [0, 0.1) is 15.9 Å². The van der Waals surface area contributed by atoms with E-state index in [1.54, 1.807) is 0 Å².